The zero-order chi connectivity index (χ0) is 16.2. The Morgan fingerprint density at radius 1 is 1.09 bits per heavy atom. The molecule has 1 atom stereocenters. The fourth-order valence-electron chi connectivity index (χ4n) is 3.04. The van der Waals surface area contributed by atoms with Gasteiger partial charge in [0.05, 0.1) is 6.42 Å². The molecule has 4 heteroatoms. The Morgan fingerprint density at radius 3 is 2.48 bits per heavy atom. The van der Waals surface area contributed by atoms with E-state index in [9.17, 15) is 4.79 Å². The Hall–Kier alpha value is -2.59. The second kappa shape index (κ2) is 6.67. The lowest BCUT2D eigenvalue weighted by molar-refractivity contribution is -0.137. The summed E-state index contributed by atoms with van der Waals surface area (Å²) in [5.74, 6) is -0.991. The number of aromatic nitrogens is 1. The average molecular weight is 308 g/mol. The standard InChI is InChI=1S/C19H20N2O2/c20-11-15(10-19(22)23)17-13-21(12-14-6-2-1-3-7-14)18-9-5-4-8-16(17)18/h1-9,13,15H,10-12,20H2,(H,22,23). The Bertz CT molecular complexity index is 809. The van der Waals surface area contributed by atoms with Gasteiger partial charge >= 0.3 is 5.97 Å². The number of nitrogens with two attached hydrogens (primary N) is 1. The smallest absolute Gasteiger partial charge is 0.304 e. The van der Waals surface area contributed by atoms with Gasteiger partial charge < -0.3 is 15.4 Å². The van der Waals surface area contributed by atoms with Crippen molar-refractivity contribution in [3.8, 4) is 0 Å². The van der Waals surface area contributed by atoms with Gasteiger partial charge in [-0.1, -0.05) is 48.5 Å². The summed E-state index contributed by atoms with van der Waals surface area (Å²) < 4.78 is 2.17. The van der Waals surface area contributed by atoms with E-state index in [1.807, 2.05) is 36.4 Å². The van der Waals surface area contributed by atoms with Gasteiger partial charge in [0.15, 0.2) is 0 Å². The van der Waals surface area contributed by atoms with Crippen LogP contribution in [0.2, 0.25) is 0 Å². The number of rotatable bonds is 6. The molecule has 0 saturated heterocycles. The van der Waals surface area contributed by atoms with Crippen LogP contribution in [-0.2, 0) is 11.3 Å². The molecule has 0 aliphatic rings. The van der Waals surface area contributed by atoms with Gasteiger partial charge in [-0.05, 0) is 23.7 Å². The molecular formula is C19H20N2O2. The molecule has 0 aliphatic heterocycles. The molecule has 3 rings (SSSR count). The third-order valence-corrected chi connectivity index (χ3v) is 4.16. The number of aliphatic carboxylic acids is 1. The number of benzene rings is 2. The van der Waals surface area contributed by atoms with E-state index in [0.717, 1.165) is 23.0 Å². The average Bonchev–Trinajstić information content (AvgIpc) is 2.92. The highest BCUT2D eigenvalue weighted by Gasteiger charge is 2.19. The van der Waals surface area contributed by atoms with Gasteiger partial charge in [0.25, 0.3) is 0 Å². The summed E-state index contributed by atoms with van der Waals surface area (Å²) in [7, 11) is 0. The zero-order valence-corrected chi connectivity index (χ0v) is 12.9. The largest absolute Gasteiger partial charge is 0.481 e. The van der Waals surface area contributed by atoms with Crippen LogP contribution in [0.4, 0.5) is 0 Å². The van der Waals surface area contributed by atoms with Crippen LogP contribution in [0.1, 0.15) is 23.5 Å². The fraction of sp³-hybridized carbons (Fsp3) is 0.211. The minimum Gasteiger partial charge on any atom is -0.481 e. The van der Waals surface area contributed by atoms with Crippen LogP contribution in [0.3, 0.4) is 0 Å². The molecule has 118 valence electrons. The molecule has 0 amide bonds. The van der Waals surface area contributed by atoms with E-state index in [2.05, 4.69) is 29.0 Å². The van der Waals surface area contributed by atoms with Gasteiger partial charge in [0, 0.05) is 29.6 Å². The molecular weight excluding hydrogens is 288 g/mol. The molecule has 1 unspecified atom stereocenters. The molecule has 0 spiro atoms. The first-order valence-electron chi connectivity index (χ1n) is 7.72. The molecule has 1 heterocycles. The van der Waals surface area contributed by atoms with Crippen molar-refractivity contribution < 1.29 is 9.90 Å². The number of carboxylic acids is 1. The van der Waals surface area contributed by atoms with Gasteiger partial charge in [0.2, 0.25) is 0 Å². The van der Waals surface area contributed by atoms with E-state index in [1.165, 1.54) is 5.56 Å². The van der Waals surface area contributed by atoms with Crippen molar-refractivity contribution in [3.63, 3.8) is 0 Å². The summed E-state index contributed by atoms with van der Waals surface area (Å²) in [4.78, 5) is 11.1. The lowest BCUT2D eigenvalue weighted by atomic mass is 9.95. The third kappa shape index (κ3) is 3.27. The lowest BCUT2D eigenvalue weighted by Crippen LogP contribution is -2.16. The highest BCUT2D eigenvalue weighted by atomic mass is 16.4. The van der Waals surface area contributed by atoms with Gasteiger partial charge in [-0.3, -0.25) is 4.79 Å². The Morgan fingerprint density at radius 2 is 1.78 bits per heavy atom. The molecule has 23 heavy (non-hydrogen) atoms. The van der Waals surface area contributed by atoms with Crippen LogP contribution in [0, 0.1) is 0 Å². The Balaban J connectivity index is 2.04. The van der Waals surface area contributed by atoms with Crippen molar-refractivity contribution in [1.29, 1.82) is 0 Å². The van der Waals surface area contributed by atoms with Crippen LogP contribution >= 0.6 is 0 Å². The van der Waals surface area contributed by atoms with Crippen molar-refractivity contribution in [2.75, 3.05) is 6.54 Å². The quantitative estimate of drug-likeness (QED) is 0.734. The maximum Gasteiger partial charge on any atom is 0.304 e. The molecule has 0 aliphatic carbocycles. The molecule has 0 bridgehead atoms. The highest BCUT2D eigenvalue weighted by Crippen LogP contribution is 2.30. The molecule has 3 aromatic rings. The first kappa shape index (κ1) is 15.3. The first-order chi connectivity index (χ1) is 11.2. The predicted octanol–water partition coefficient (Wildman–Crippen LogP) is 3.21. The maximum absolute atomic E-state index is 11.1. The SMILES string of the molecule is NCC(CC(=O)O)c1cn(Cc2ccccc2)c2ccccc12. The van der Waals surface area contributed by atoms with E-state index in [4.69, 9.17) is 10.8 Å². The van der Waals surface area contributed by atoms with E-state index in [1.54, 1.807) is 0 Å². The molecule has 0 fully saturated rings. The number of carbonyl (C=O) groups is 1. The van der Waals surface area contributed by atoms with Crippen LogP contribution < -0.4 is 5.73 Å². The minimum atomic E-state index is -0.819. The van der Waals surface area contributed by atoms with E-state index in [-0.39, 0.29) is 12.3 Å². The summed E-state index contributed by atoms with van der Waals surface area (Å²) in [6, 6.07) is 18.3. The van der Waals surface area contributed by atoms with Crippen LogP contribution in [-0.4, -0.2) is 22.2 Å². The fourth-order valence-corrected chi connectivity index (χ4v) is 3.04. The molecule has 3 N–H and O–H groups in total. The number of carboxylic acid groups (broad SMARTS) is 1. The lowest BCUT2D eigenvalue weighted by Gasteiger charge is -2.11. The van der Waals surface area contributed by atoms with E-state index in [0.29, 0.717) is 6.54 Å². The first-order valence-corrected chi connectivity index (χ1v) is 7.72. The highest BCUT2D eigenvalue weighted by molar-refractivity contribution is 5.85. The van der Waals surface area contributed by atoms with Crippen molar-refractivity contribution in [3.05, 3.63) is 71.9 Å². The maximum atomic E-state index is 11.1. The normalized spacial score (nSPS) is 12.4. The molecule has 4 nitrogen and oxygen atoms in total. The predicted molar refractivity (Wildman–Crippen MR) is 91.5 cm³/mol. The van der Waals surface area contributed by atoms with Gasteiger partial charge in [-0.2, -0.15) is 0 Å². The zero-order valence-electron chi connectivity index (χ0n) is 12.9. The molecule has 0 saturated carbocycles. The van der Waals surface area contributed by atoms with Gasteiger partial charge in [0.1, 0.15) is 0 Å². The summed E-state index contributed by atoms with van der Waals surface area (Å²) in [5.41, 5.74) is 9.17. The van der Waals surface area contributed by atoms with Crippen molar-refractivity contribution >= 4 is 16.9 Å². The van der Waals surface area contributed by atoms with Crippen LogP contribution in [0.25, 0.3) is 10.9 Å². The van der Waals surface area contributed by atoms with Crippen molar-refractivity contribution in [2.24, 2.45) is 5.73 Å². The molecule has 2 aromatic carbocycles. The van der Waals surface area contributed by atoms with E-state index < -0.39 is 5.97 Å². The number of hydrogen-bond acceptors (Lipinski definition) is 2. The van der Waals surface area contributed by atoms with E-state index >= 15 is 0 Å². The van der Waals surface area contributed by atoms with Gasteiger partial charge in [-0.15, -0.1) is 0 Å². The Labute approximate surface area is 135 Å². The second-order valence-electron chi connectivity index (χ2n) is 5.75. The summed E-state index contributed by atoms with van der Waals surface area (Å²) in [6.07, 6.45) is 2.11. The van der Waals surface area contributed by atoms with Crippen LogP contribution in [0.5, 0.6) is 0 Å². The number of para-hydroxylation sites is 1. The third-order valence-electron chi connectivity index (χ3n) is 4.16. The van der Waals surface area contributed by atoms with Gasteiger partial charge in [-0.25, -0.2) is 0 Å². The molecule has 0 radical (unpaired) electrons. The Kier molecular flexibility index (Phi) is 4.44. The topological polar surface area (TPSA) is 68.2 Å². The molecule has 1 aromatic heterocycles. The summed E-state index contributed by atoms with van der Waals surface area (Å²) >= 11 is 0. The van der Waals surface area contributed by atoms with Crippen LogP contribution in [0.15, 0.2) is 60.8 Å². The second-order valence-corrected chi connectivity index (χ2v) is 5.75. The monoisotopic (exact) mass is 308 g/mol. The minimum absolute atomic E-state index is 0.0514. The number of hydrogen-bond donors (Lipinski definition) is 2. The van der Waals surface area contributed by atoms with Crippen molar-refractivity contribution in [2.45, 2.75) is 18.9 Å². The summed E-state index contributed by atoms with van der Waals surface area (Å²) in [6.45, 7) is 1.08. The number of nitrogens with zero attached hydrogens (tertiary/aromatic N) is 1. The number of fused-ring (bicyclic) bond motifs is 1. The summed E-state index contributed by atoms with van der Waals surface area (Å²) in [5, 5.41) is 10.2. The van der Waals surface area contributed by atoms with Crippen molar-refractivity contribution in [1.82, 2.24) is 4.57 Å².